The fraction of sp³-hybridized carbons (Fsp3) is 0.727. The van der Waals surface area contributed by atoms with Gasteiger partial charge in [-0.25, -0.2) is 4.98 Å². The highest BCUT2D eigenvalue weighted by Gasteiger charge is 2.19. The lowest BCUT2D eigenvalue weighted by Gasteiger charge is -2.35. The second kappa shape index (κ2) is 10.8. The van der Waals surface area contributed by atoms with Crippen LogP contribution in [0, 0.1) is 0 Å². The van der Waals surface area contributed by atoms with E-state index in [1.807, 2.05) is 12.1 Å². The summed E-state index contributed by atoms with van der Waals surface area (Å²) >= 11 is 0. The third-order valence-electron chi connectivity index (χ3n) is 6.22. The van der Waals surface area contributed by atoms with Crippen molar-refractivity contribution in [3.05, 3.63) is 23.9 Å². The Morgan fingerprint density at radius 1 is 1.18 bits per heavy atom. The highest BCUT2D eigenvalue weighted by molar-refractivity contribution is 5.94. The number of unbranched alkanes of at least 4 members (excludes halogenated alkanes) is 1. The average molecular weight is 388 g/mol. The number of carbonyl (C=O) groups is 1. The monoisotopic (exact) mass is 387 g/mol. The molecule has 6 nitrogen and oxygen atoms in total. The lowest BCUT2D eigenvalue weighted by Crippen LogP contribution is -2.46. The summed E-state index contributed by atoms with van der Waals surface area (Å²) in [4.78, 5) is 24.3. The van der Waals surface area contributed by atoms with Gasteiger partial charge in [0.15, 0.2) is 0 Å². The maximum atomic E-state index is 12.4. The lowest BCUT2D eigenvalue weighted by atomic mass is 10.0. The van der Waals surface area contributed by atoms with E-state index in [9.17, 15) is 4.79 Å². The summed E-state index contributed by atoms with van der Waals surface area (Å²) in [7, 11) is 2.19. The first-order valence-electron chi connectivity index (χ1n) is 11.1. The molecule has 0 spiro atoms. The molecular weight excluding hydrogens is 350 g/mol. The Kier molecular flexibility index (Phi) is 8.10. The molecule has 1 aromatic rings. The van der Waals surface area contributed by atoms with Crippen LogP contribution >= 0.6 is 0 Å². The minimum absolute atomic E-state index is 0.0121. The van der Waals surface area contributed by atoms with Crippen LogP contribution in [0.5, 0.6) is 0 Å². The van der Waals surface area contributed by atoms with E-state index in [1.165, 1.54) is 45.2 Å². The van der Waals surface area contributed by atoms with Crippen molar-refractivity contribution in [1.82, 2.24) is 20.1 Å². The van der Waals surface area contributed by atoms with E-state index in [0.717, 1.165) is 45.0 Å². The van der Waals surface area contributed by atoms with Gasteiger partial charge in [-0.2, -0.15) is 0 Å². The predicted octanol–water partition coefficient (Wildman–Crippen LogP) is 2.61. The van der Waals surface area contributed by atoms with Crippen molar-refractivity contribution >= 4 is 11.7 Å². The summed E-state index contributed by atoms with van der Waals surface area (Å²) in [5.41, 5.74) is 0.655. The number of nitrogens with one attached hydrogen (secondary N) is 1. The molecule has 0 bridgehead atoms. The van der Waals surface area contributed by atoms with Crippen LogP contribution in [-0.2, 0) is 0 Å². The minimum atomic E-state index is -0.0121. The fourth-order valence-corrected chi connectivity index (χ4v) is 4.25. The van der Waals surface area contributed by atoms with Gasteiger partial charge in [0, 0.05) is 45.0 Å². The third-order valence-corrected chi connectivity index (χ3v) is 6.22. The summed E-state index contributed by atoms with van der Waals surface area (Å²) in [5.74, 6) is 0.970. The Balaban J connectivity index is 1.41. The van der Waals surface area contributed by atoms with Gasteiger partial charge in [0.1, 0.15) is 5.82 Å². The van der Waals surface area contributed by atoms with E-state index in [-0.39, 0.29) is 5.91 Å². The molecule has 0 saturated carbocycles. The van der Waals surface area contributed by atoms with Crippen LogP contribution in [-0.4, -0.2) is 79.6 Å². The van der Waals surface area contributed by atoms with Crippen LogP contribution in [0.1, 0.15) is 55.8 Å². The molecule has 3 heterocycles. The number of amides is 1. The van der Waals surface area contributed by atoms with Crippen molar-refractivity contribution in [1.29, 1.82) is 0 Å². The van der Waals surface area contributed by atoms with Crippen LogP contribution in [0.4, 0.5) is 5.82 Å². The number of nitrogens with zero attached hydrogens (tertiary/aromatic N) is 4. The van der Waals surface area contributed by atoms with E-state index >= 15 is 0 Å². The van der Waals surface area contributed by atoms with Gasteiger partial charge in [-0.1, -0.05) is 19.8 Å². The van der Waals surface area contributed by atoms with Gasteiger partial charge >= 0.3 is 0 Å². The van der Waals surface area contributed by atoms with Crippen LogP contribution in [0.3, 0.4) is 0 Å². The highest BCUT2D eigenvalue weighted by Crippen LogP contribution is 2.17. The van der Waals surface area contributed by atoms with Gasteiger partial charge < -0.3 is 15.1 Å². The summed E-state index contributed by atoms with van der Waals surface area (Å²) < 4.78 is 0. The van der Waals surface area contributed by atoms with Crippen molar-refractivity contribution in [3.63, 3.8) is 0 Å². The molecule has 1 amide bonds. The number of anilines is 1. The molecule has 3 rings (SSSR count). The third kappa shape index (κ3) is 5.92. The Morgan fingerprint density at radius 2 is 2.00 bits per heavy atom. The van der Waals surface area contributed by atoms with Crippen molar-refractivity contribution in [2.45, 2.75) is 51.5 Å². The zero-order chi connectivity index (χ0) is 19.8. The number of hydrogen-bond acceptors (Lipinski definition) is 5. The molecule has 1 unspecified atom stereocenters. The number of hydrogen-bond donors (Lipinski definition) is 1. The molecule has 1 aromatic heterocycles. The van der Waals surface area contributed by atoms with E-state index in [2.05, 4.69) is 39.0 Å². The van der Waals surface area contributed by atoms with Crippen LogP contribution < -0.4 is 10.2 Å². The topological polar surface area (TPSA) is 51.7 Å². The fourth-order valence-electron chi connectivity index (χ4n) is 4.25. The maximum Gasteiger partial charge on any atom is 0.252 e. The Labute approximate surface area is 170 Å². The molecule has 28 heavy (non-hydrogen) atoms. The SMILES string of the molecule is CCCCN1CCN(c2ccc(C(=O)NCCC3CCCCN3C)cn2)CC1. The average Bonchev–Trinajstić information content (AvgIpc) is 2.74. The molecule has 2 aliphatic rings. The Morgan fingerprint density at radius 3 is 2.68 bits per heavy atom. The number of aromatic nitrogens is 1. The predicted molar refractivity (Wildman–Crippen MR) is 115 cm³/mol. The number of piperazine rings is 1. The van der Waals surface area contributed by atoms with Gasteiger partial charge in [-0.3, -0.25) is 9.69 Å². The van der Waals surface area contributed by atoms with Crippen molar-refractivity contribution in [2.24, 2.45) is 0 Å². The van der Waals surface area contributed by atoms with Gasteiger partial charge in [-0.05, 0) is 58.0 Å². The maximum absolute atomic E-state index is 12.4. The van der Waals surface area contributed by atoms with Gasteiger partial charge in [0.05, 0.1) is 5.56 Å². The molecule has 156 valence electrons. The first-order valence-corrected chi connectivity index (χ1v) is 11.1. The van der Waals surface area contributed by atoms with Crippen LogP contribution in [0.15, 0.2) is 18.3 Å². The van der Waals surface area contributed by atoms with Crippen LogP contribution in [0.2, 0.25) is 0 Å². The summed E-state index contributed by atoms with van der Waals surface area (Å²) in [5, 5.41) is 3.07. The Bertz CT molecular complexity index is 597. The van der Waals surface area contributed by atoms with E-state index in [1.54, 1.807) is 6.20 Å². The molecule has 1 N–H and O–H groups in total. The molecule has 2 aliphatic heterocycles. The number of piperidine rings is 1. The first kappa shape index (κ1) is 21.1. The molecule has 0 aliphatic carbocycles. The lowest BCUT2D eigenvalue weighted by molar-refractivity contribution is 0.0945. The number of likely N-dealkylation sites (tertiary alicyclic amines) is 1. The van der Waals surface area contributed by atoms with Gasteiger partial charge in [-0.15, -0.1) is 0 Å². The zero-order valence-corrected chi connectivity index (χ0v) is 17.7. The number of carbonyl (C=O) groups excluding carboxylic acids is 1. The first-order chi connectivity index (χ1) is 13.7. The molecule has 1 atom stereocenters. The van der Waals surface area contributed by atoms with Crippen molar-refractivity contribution < 1.29 is 4.79 Å². The number of rotatable bonds is 8. The zero-order valence-electron chi connectivity index (χ0n) is 17.7. The second-order valence-electron chi connectivity index (χ2n) is 8.26. The van der Waals surface area contributed by atoms with Gasteiger partial charge in [0.2, 0.25) is 0 Å². The largest absolute Gasteiger partial charge is 0.354 e. The van der Waals surface area contributed by atoms with E-state index in [4.69, 9.17) is 0 Å². The number of pyridine rings is 1. The summed E-state index contributed by atoms with van der Waals surface area (Å²) in [6.45, 7) is 9.57. The van der Waals surface area contributed by atoms with E-state index in [0.29, 0.717) is 11.6 Å². The molecule has 6 heteroatoms. The molecular formula is C22H37N5O. The molecule has 0 aromatic carbocycles. The smallest absolute Gasteiger partial charge is 0.252 e. The quantitative estimate of drug-likeness (QED) is 0.743. The standard InChI is InChI=1S/C22H37N5O/c1-3-4-13-26-14-16-27(17-15-26)21-9-8-19(18-24-21)22(28)23-11-10-20-7-5-6-12-25(20)2/h8-9,18,20H,3-7,10-17H2,1-2H3,(H,23,28). The normalized spacial score (nSPS) is 21.6. The summed E-state index contributed by atoms with van der Waals surface area (Å²) in [6.07, 6.45) is 9.12. The van der Waals surface area contributed by atoms with Crippen LogP contribution in [0.25, 0.3) is 0 Å². The van der Waals surface area contributed by atoms with Crippen molar-refractivity contribution in [3.8, 4) is 0 Å². The molecule has 2 fully saturated rings. The van der Waals surface area contributed by atoms with Crippen molar-refractivity contribution in [2.75, 3.05) is 57.8 Å². The second-order valence-corrected chi connectivity index (χ2v) is 8.26. The molecule has 2 saturated heterocycles. The summed E-state index contributed by atoms with van der Waals surface area (Å²) in [6, 6.07) is 4.50. The Hall–Kier alpha value is -1.66. The molecule has 0 radical (unpaired) electrons. The van der Waals surface area contributed by atoms with Gasteiger partial charge in [0.25, 0.3) is 5.91 Å². The minimum Gasteiger partial charge on any atom is -0.354 e. The highest BCUT2D eigenvalue weighted by atomic mass is 16.1. The van der Waals surface area contributed by atoms with E-state index < -0.39 is 0 Å².